The molecule has 1 N–H and O–H groups in total. The van der Waals surface area contributed by atoms with Crippen LogP contribution in [0.2, 0.25) is 0 Å². The average molecular weight is 250 g/mol. The monoisotopic (exact) mass is 250 g/mol. The molecule has 0 aliphatic carbocycles. The van der Waals surface area contributed by atoms with Crippen molar-refractivity contribution in [2.45, 2.75) is 51.4 Å². The molecule has 0 aromatic heterocycles. The zero-order chi connectivity index (χ0) is 13.2. The molecule has 1 aliphatic rings. The standard InChI is InChI=1S/C15H22O3/c1-11(2)18-13-7-4-6-12(10-13)14(16)15(3)8-5-9-17-15/h4,6-7,10-11,14,16H,5,8-9H2,1-3H3. The summed E-state index contributed by atoms with van der Waals surface area (Å²) < 4.78 is 11.3. The third-order valence-electron chi connectivity index (χ3n) is 3.37. The zero-order valence-corrected chi connectivity index (χ0v) is 11.3. The van der Waals surface area contributed by atoms with Crippen LogP contribution in [-0.2, 0) is 4.74 Å². The fraction of sp³-hybridized carbons (Fsp3) is 0.600. The van der Waals surface area contributed by atoms with Crippen LogP contribution in [0.3, 0.4) is 0 Å². The highest BCUT2D eigenvalue weighted by Crippen LogP contribution is 2.38. The molecule has 3 nitrogen and oxygen atoms in total. The van der Waals surface area contributed by atoms with Crippen LogP contribution >= 0.6 is 0 Å². The molecule has 2 rings (SSSR count). The third kappa shape index (κ3) is 2.85. The molecule has 1 saturated heterocycles. The highest BCUT2D eigenvalue weighted by Gasteiger charge is 2.38. The second kappa shape index (κ2) is 5.29. The van der Waals surface area contributed by atoms with Crippen molar-refractivity contribution in [3.63, 3.8) is 0 Å². The van der Waals surface area contributed by atoms with Gasteiger partial charge in [0.15, 0.2) is 0 Å². The van der Waals surface area contributed by atoms with E-state index in [0.29, 0.717) is 0 Å². The number of hydrogen-bond acceptors (Lipinski definition) is 3. The molecule has 1 aromatic carbocycles. The van der Waals surface area contributed by atoms with Gasteiger partial charge >= 0.3 is 0 Å². The molecule has 0 bridgehead atoms. The second-order valence-corrected chi connectivity index (χ2v) is 5.41. The maximum atomic E-state index is 10.5. The fourth-order valence-corrected chi connectivity index (χ4v) is 2.40. The highest BCUT2D eigenvalue weighted by atomic mass is 16.5. The van der Waals surface area contributed by atoms with E-state index in [2.05, 4.69) is 0 Å². The Bertz CT molecular complexity index is 394. The van der Waals surface area contributed by atoms with Gasteiger partial charge in [0.25, 0.3) is 0 Å². The molecule has 1 fully saturated rings. The van der Waals surface area contributed by atoms with Gasteiger partial charge in [-0.05, 0) is 51.3 Å². The Balaban J connectivity index is 2.17. The van der Waals surface area contributed by atoms with Crippen LogP contribution < -0.4 is 4.74 Å². The summed E-state index contributed by atoms with van der Waals surface area (Å²) in [6.07, 6.45) is 1.44. The first-order valence-electron chi connectivity index (χ1n) is 6.60. The molecule has 1 heterocycles. The minimum absolute atomic E-state index is 0.135. The molecule has 18 heavy (non-hydrogen) atoms. The van der Waals surface area contributed by atoms with Gasteiger partial charge in [0.1, 0.15) is 11.9 Å². The topological polar surface area (TPSA) is 38.7 Å². The van der Waals surface area contributed by atoms with Crippen LogP contribution in [0.15, 0.2) is 24.3 Å². The Morgan fingerprint density at radius 3 is 2.78 bits per heavy atom. The quantitative estimate of drug-likeness (QED) is 0.892. The lowest BCUT2D eigenvalue weighted by Gasteiger charge is -2.29. The minimum atomic E-state index is -0.601. The minimum Gasteiger partial charge on any atom is -0.491 e. The maximum Gasteiger partial charge on any atom is 0.120 e. The van der Waals surface area contributed by atoms with E-state index in [-0.39, 0.29) is 6.10 Å². The van der Waals surface area contributed by atoms with Gasteiger partial charge in [-0.3, -0.25) is 0 Å². The molecular formula is C15H22O3. The van der Waals surface area contributed by atoms with Gasteiger partial charge < -0.3 is 14.6 Å². The molecular weight excluding hydrogens is 228 g/mol. The first kappa shape index (κ1) is 13.4. The molecule has 2 unspecified atom stereocenters. The lowest BCUT2D eigenvalue weighted by molar-refractivity contribution is -0.0796. The van der Waals surface area contributed by atoms with Gasteiger partial charge in [-0.25, -0.2) is 0 Å². The summed E-state index contributed by atoms with van der Waals surface area (Å²) in [5, 5.41) is 10.5. The van der Waals surface area contributed by atoms with Crippen molar-refractivity contribution in [2.24, 2.45) is 0 Å². The molecule has 1 aliphatic heterocycles. The Labute approximate surface area is 109 Å². The van der Waals surface area contributed by atoms with Crippen LogP contribution in [0.5, 0.6) is 5.75 Å². The van der Waals surface area contributed by atoms with Gasteiger partial charge in [0.2, 0.25) is 0 Å². The molecule has 2 atom stereocenters. The fourth-order valence-electron chi connectivity index (χ4n) is 2.40. The van der Waals surface area contributed by atoms with Gasteiger partial charge in [0.05, 0.1) is 11.7 Å². The molecule has 0 radical (unpaired) electrons. The molecule has 3 heteroatoms. The maximum absolute atomic E-state index is 10.5. The number of rotatable bonds is 4. The first-order chi connectivity index (χ1) is 8.51. The van der Waals surface area contributed by atoms with E-state index in [1.165, 1.54) is 0 Å². The van der Waals surface area contributed by atoms with E-state index in [1.54, 1.807) is 0 Å². The van der Waals surface area contributed by atoms with Gasteiger partial charge in [0, 0.05) is 6.61 Å². The second-order valence-electron chi connectivity index (χ2n) is 5.41. The Morgan fingerprint density at radius 2 is 2.17 bits per heavy atom. The summed E-state index contributed by atoms with van der Waals surface area (Å²) in [4.78, 5) is 0. The lowest BCUT2D eigenvalue weighted by Crippen LogP contribution is -2.31. The van der Waals surface area contributed by atoms with E-state index >= 15 is 0 Å². The van der Waals surface area contributed by atoms with Crippen molar-refractivity contribution in [3.8, 4) is 5.75 Å². The third-order valence-corrected chi connectivity index (χ3v) is 3.37. The number of benzene rings is 1. The van der Waals surface area contributed by atoms with Crippen molar-refractivity contribution < 1.29 is 14.6 Å². The average Bonchev–Trinajstić information content (AvgIpc) is 2.76. The van der Waals surface area contributed by atoms with Crippen LogP contribution in [0.25, 0.3) is 0 Å². The normalized spacial score (nSPS) is 25.4. The van der Waals surface area contributed by atoms with E-state index < -0.39 is 11.7 Å². The SMILES string of the molecule is CC(C)Oc1cccc(C(O)C2(C)CCCO2)c1. The predicted molar refractivity (Wildman–Crippen MR) is 70.8 cm³/mol. The van der Waals surface area contributed by atoms with Gasteiger partial charge in [-0.15, -0.1) is 0 Å². The lowest BCUT2D eigenvalue weighted by atomic mass is 9.90. The number of aliphatic hydroxyl groups excluding tert-OH is 1. The van der Waals surface area contributed by atoms with Crippen molar-refractivity contribution in [1.82, 2.24) is 0 Å². The van der Waals surface area contributed by atoms with Crippen molar-refractivity contribution in [2.75, 3.05) is 6.61 Å². The summed E-state index contributed by atoms with van der Waals surface area (Å²) in [6, 6.07) is 7.64. The molecule has 100 valence electrons. The van der Waals surface area contributed by atoms with Crippen LogP contribution in [0.1, 0.15) is 45.3 Å². The van der Waals surface area contributed by atoms with Crippen LogP contribution in [-0.4, -0.2) is 23.4 Å². The molecule has 0 amide bonds. The zero-order valence-electron chi connectivity index (χ0n) is 11.3. The largest absolute Gasteiger partial charge is 0.491 e. The van der Waals surface area contributed by atoms with Crippen LogP contribution in [0.4, 0.5) is 0 Å². The van der Waals surface area contributed by atoms with Crippen molar-refractivity contribution >= 4 is 0 Å². The van der Waals surface area contributed by atoms with E-state index in [1.807, 2.05) is 45.0 Å². The Morgan fingerprint density at radius 1 is 1.39 bits per heavy atom. The van der Waals surface area contributed by atoms with Gasteiger partial charge in [-0.2, -0.15) is 0 Å². The first-order valence-corrected chi connectivity index (χ1v) is 6.60. The summed E-state index contributed by atoms with van der Waals surface area (Å²) in [6.45, 7) is 6.69. The number of aliphatic hydroxyl groups is 1. The summed E-state index contributed by atoms with van der Waals surface area (Å²) in [5.41, 5.74) is 0.397. The smallest absolute Gasteiger partial charge is 0.120 e. The van der Waals surface area contributed by atoms with Crippen LogP contribution in [0, 0.1) is 0 Å². The summed E-state index contributed by atoms with van der Waals surface area (Å²) in [5.74, 6) is 0.795. The van der Waals surface area contributed by atoms with Crippen molar-refractivity contribution in [1.29, 1.82) is 0 Å². The summed E-state index contributed by atoms with van der Waals surface area (Å²) in [7, 11) is 0. The summed E-state index contributed by atoms with van der Waals surface area (Å²) >= 11 is 0. The predicted octanol–water partition coefficient (Wildman–Crippen LogP) is 3.08. The molecule has 0 spiro atoms. The Kier molecular flexibility index (Phi) is 3.93. The number of hydrogen-bond donors (Lipinski definition) is 1. The van der Waals surface area contributed by atoms with Gasteiger partial charge in [-0.1, -0.05) is 12.1 Å². The molecule has 0 saturated carbocycles. The Hall–Kier alpha value is -1.06. The number of ether oxygens (including phenoxy) is 2. The van der Waals surface area contributed by atoms with E-state index in [9.17, 15) is 5.11 Å². The molecule has 1 aromatic rings. The van der Waals surface area contributed by atoms with E-state index in [4.69, 9.17) is 9.47 Å². The van der Waals surface area contributed by atoms with Crippen molar-refractivity contribution in [3.05, 3.63) is 29.8 Å². The highest BCUT2D eigenvalue weighted by molar-refractivity contribution is 5.31. The van der Waals surface area contributed by atoms with E-state index in [0.717, 1.165) is 30.8 Å².